The van der Waals surface area contributed by atoms with Gasteiger partial charge in [0.25, 0.3) is 0 Å². The third-order valence-corrected chi connectivity index (χ3v) is 5.82. The number of halogens is 7. The van der Waals surface area contributed by atoms with Crippen molar-refractivity contribution in [3.8, 4) is 0 Å². The molecule has 3 aromatic rings. The van der Waals surface area contributed by atoms with Crippen molar-refractivity contribution in [1.82, 2.24) is 0 Å². The summed E-state index contributed by atoms with van der Waals surface area (Å²) >= 11 is 0. The molecule has 0 saturated heterocycles. The van der Waals surface area contributed by atoms with E-state index in [1.807, 2.05) is 13.8 Å². The second-order valence-electron chi connectivity index (χ2n) is 8.60. The molecule has 0 spiro atoms. The molecule has 0 amide bonds. The predicted octanol–water partition coefficient (Wildman–Crippen LogP) is 9.63. The fraction of sp³-hybridized carbons (Fsp3) is 0.419. The van der Waals surface area contributed by atoms with Crippen molar-refractivity contribution in [2.45, 2.75) is 78.8 Å². The van der Waals surface area contributed by atoms with E-state index in [-0.39, 0.29) is 17.5 Å². The molecule has 0 fully saturated rings. The van der Waals surface area contributed by atoms with E-state index >= 15 is 0 Å². The average Bonchev–Trinajstić information content (AvgIpc) is 2.94. The van der Waals surface area contributed by atoms with Crippen molar-refractivity contribution in [2.75, 3.05) is 12.4 Å². The van der Waals surface area contributed by atoms with Gasteiger partial charge in [-0.15, -0.1) is 0 Å². The number of anilines is 1. The zero-order valence-electron chi connectivity index (χ0n) is 24.5. The summed E-state index contributed by atoms with van der Waals surface area (Å²) in [7, 11) is 1.50. The number of benzene rings is 3. The SMILES string of the molecule is CC.CCCCC.CN.Cc1c(Cc2ccccc2NC(N)c2ccccc2C(F)(F)F)ccc(C(F)(F)F)c1F. The van der Waals surface area contributed by atoms with Crippen molar-refractivity contribution < 1.29 is 30.7 Å². The lowest BCUT2D eigenvalue weighted by atomic mass is 9.96. The molecule has 41 heavy (non-hydrogen) atoms. The van der Waals surface area contributed by atoms with Gasteiger partial charge in [0.05, 0.1) is 11.1 Å². The minimum atomic E-state index is -4.81. The van der Waals surface area contributed by atoms with Crippen LogP contribution in [0, 0.1) is 12.7 Å². The Bertz CT molecular complexity index is 1160. The Kier molecular flexibility index (Phi) is 17.0. The average molecular weight is 590 g/mol. The van der Waals surface area contributed by atoms with Gasteiger partial charge in [0.2, 0.25) is 0 Å². The van der Waals surface area contributed by atoms with E-state index in [9.17, 15) is 30.7 Å². The quantitative estimate of drug-likeness (QED) is 0.190. The zero-order chi connectivity index (χ0) is 31.8. The standard InChI is InChI=1S/C23H19F7N2.C5H12.C2H6.CH5N/c1-13-14(10-11-18(20(13)24)23(28,29)30)12-15-6-2-5-9-19(15)32-21(31)16-7-3-4-8-17(16)22(25,26)27;1-3-5-4-2;2*1-2/h2-11,21,32H,12,31H2,1H3;3-5H2,1-2H3;1-2H3;2H2,1H3. The summed E-state index contributed by atoms with van der Waals surface area (Å²) in [4.78, 5) is 0. The molecule has 3 aromatic carbocycles. The van der Waals surface area contributed by atoms with Gasteiger partial charge in [-0.3, -0.25) is 0 Å². The van der Waals surface area contributed by atoms with E-state index in [0.717, 1.165) is 6.07 Å². The predicted molar refractivity (Wildman–Crippen MR) is 154 cm³/mol. The van der Waals surface area contributed by atoms with Crippen molar-refractivity contribution in [3.05, 3.63) is 99.9 Å². The molecule has 1 atom stereocenters. The van der Waals surface area contributed by atoms with Gasteiger partial charge in [-0.05, 0) is 55.3 Å². The summed E-state index contributed by atoms with van der Waals surface area (Å²) < 4.78 is 93.0. The van der Waals surface area contributed by atoms with E-state index in [4.69, 9.17) is 5.73 Å². The maximum atomic E-state index is 14.3. The molecule has 0 radical (unpaired) electrons. The number of nitrogens with two attached hydrogens (primary N) is 2. The number of unbranched alkanes of at least 4 members (excludes halogenated alkanes) is 2. The Hall–Kier alpha value is -3.11. The number of nitrogens with one attached hydrogen (secondary N) is 1. The highest BCUT2D eigenvalue weighted by atomic mass is 19.4. The van der Waals surface area contributed by atoms with Gasteiger partial charge in [-0.1, -0.05) is 89.4 Å². The number of hydrogen-bond acceptors (Lipinski definition) is 3. The Morgan fingerprint density at radius 3 is 1.76 bits per heavy atom. The van der Waals surface area contributed by atoms with Crippen LogP contribution in [-0.4, -0.2) is 7.05 Å². The zero-order valence-corrected chi connectivity index (χ0v) is 24.5. The highest BCUT2D eigenvalue weighted by Gasteiger charge is 2.35. The van der Waals surface area contributed by atoms with Gasteiger partial charge < -0.3 is 16.8 Å². The number of para-hydroxylation sites is 1. The normalized spacial score (nSPS) is 11.6. The molecule has 1 unspecified atom stereocenters. The molecule has 3 rings (SSSR count). The molecule has 10 heteroatoms. The molecule has 0 bridgehead atoms. The van der Waals surface area contributed by atoms with Crippen LogP contribution in [0.3, 0.4) is 0 Å². The molecule has 0 aliphatic heterocycles. The van der Waals surface area contributed by atoms with Crippen LogP contribution < -0.4 is 16.8 Å². The van der Waals surface area contributed by atoms with Gasteiger partial charge in [-0.25, -0.2) is 4.39 Å². The highest BCUT2D eigenvalue weighted by Crippen LogP contribution is 2.36. The number of hydrogen-bond donors (Lipinski definition) is 3. The van der Waals surface area contributed by atoms with E-state index in [1.54, 1.807) is 24.3 Å². The summed E-state index contributed by atoms with van der Waals surface area (Å²) in [5.74, 6) is -1.35. The Morgan fingerprint density at radius 2 is 1.24 bits per heavy atom. The van der Waals surface area contributed by atoms with Crippen molar-refractivity contribution in [2.24, 2.45) is 11.5 Å². The Labute approximate surface area is 239 Å². The minimum Gasteiger partial charge on any atom is -0.366 e. The van der Waals surface area contributed by atoms with Crippen LogP contribution in [0.2, 0.25) is 0 Å². The van der Waals surface area contributed by atoms with Gasteiger partial charge >= 0.3 is 12.4 Å². The van der Waals surface area contributed by atoms with Crippen LogP contribution in [0.4, 0.5) is 36.4 Å². The largest absolute Gasteiger partial charge is 0.419 e. The second-order valence-corrected chi connectivity index (χ2v) is 8.60. The smallest absolute Gasteiger partial charge is 0.366 e. The maximum Gasteiger partial charge on any atom is 0.419 e. The van der Waals surface area contributed by atoms with Crippen LogP contribution in [-0.2, 0) is 18.8 Å². The fourth-order valence-corrected chi connectivity index (χ4v) is 3.78. The third-order valence-electron chi connectivity index (χ3n) is 5.82. The summed E-state index contributed by atoms with van der Waals surface area (Å²) in [5, 5.41) is 2.83. The van der Waals surface area contributed by atoms with Gasteiger partial charge in [0.15, 0.2) is 0 Å². The molecule has 5 N–H and O–H groups in total. The summed E-state index contributed by atoms with van der Waals surface area (Å²) in [5.41, 5.74) is 9.21. The first-order chi connectivity index (χ1) is 19.3. The van der Waals surface area contributed by atoms with Gasteiger partial charge in [0.1, 0.15) is 12.0 Å². The first kappa shape index (κ1) is 37.9. The van der Waals surface area contributed by atoms with Crippen molar-refractivity contribution in [3.63, 3.8) is 0 Å². The summed E-state index contributed by atoms with van der Waals surface area (Å²) in [6.45, 7) is 9.67. The van der Waals surface area contributed by atoms with Crippen LogP contribution in [0.25, 0.3) is 0 Å². The number of alkyl halides is 6. The molecule has 0 aromatic heterocycles. The molecular formula is C31H42F7N3. The summed E-state index contributed by atoms with van der Waals surface area (Å²) in [6, 6.07) is 13.3. The van der Waals surface area contributed by atoms with E-state index < -0.39 is 35.5 Å². The van der Waals surface area contributed by atoms with Gasteiger partial charge in [0, 0.05) is 11.3 Å². The van der Waals surface area contributed by atoms with Crippen LogP contribution in [0.1, 0.15) is 86.5 Å². The highest BCUT2D eigenvalue weighted by molar-refractivity contribution is 5.55. The van der Waals surface area contributed by atoms with Crippen LogP contribution >= 0.6 is 0 Å². The lowest BCUT2D eigenvalue weighted by molar-refractivity contribution is -0.140. The molecular weight excluding hydrogens is 547 g/mol. The first-order valence-electron chi connectivity index (χ1n) is 13.5. The Balaban J connectivity index is 0.00000158. The van der Waals surface area contributed by atoms with Crippen LogP contribution in [0.15, 0.2) is 60.7 Å². The van der Waals surface area contributed by atoms with E-state index in [0.29, 0.717) is 22.9 Å². The molecule has 0 saturated carbocycles. The monoisotopic (exact) mass is 589 g/mol. The van der Waals surface area contributed by atoms with Crippen molar-refractivity contribution in [1.29, 1.82) is 0 Å². The maximum absolute atomic E-state index is 14.3. The third kappa shape index (κ3) is 11.7. The van der Waals surface area contributed by atoms with Crippen molar-refractivity contribution >= 4 is 5.69 Å². The first-order valence-corrected chi connectivity index (χ1v) is 13.5. The van der Waals surface area contributed by atoms with Gasteiger partial charge in [-0.2, -0.15) is 26.3 Å². The number of rotatable bonds is 7. The molecule has 0 aliphatic rings. The fourth-order valence-electron chi connectivity index (χ4n) is 3.78. The molecule has 0 heterocycles. The molecule has 3 nitrogen and oxygen atoms in total. The minimum absolute atomic E-state index is 0.0533. The molecule has 0 aliphatic carbocycles. The summed E-state index contributed by atoms with van der Waals surface area (Å²) in [6.07, 6.45) is -6.49. The topological polar surface area (TPSA) is 64.1 Å². The van der Waals surface area contributed by atoms with E-state index in [2.05, 4.69) is 24.9 Å². The van der Waals surface area contributed by atoms with Crippen LogP contribution in [0.5, 0.6) is 0 Å². The lowest BCUT2D eigenvalue weighted by Gasteiger charge is -2.22. The second kappa shape index (κ2) is 18.3. The lowest BCUT2D eigenvalue weighted by Crippen LogP contribution is -2.24. The van der Waals surface area contributed by atoms with E-state index in [1.165, 1.54) is 57.5 Å². The molecule has 230 valence electrons. The Morgan fingerprint density at radius 1 is 0.732 bits per heavy atom.